The summed E-state index contributed by atoms with van der Waals surface area (Å²) in [4.78, 5) is 8.84. The Morgan fingerprint density at radius 2 is 2.10 bits per heavy atom. The maximum atomic E-state index is 5.53. The van der Waals surface area contributed by atoms with E-state index in [0.717, 1.165) is 63.5 Å². The molecule has 1 aromatic heterocycles. The van der Waals surface area contributed by atoms with Gasteiger partial charge >= 0.3 is 0 Å². The molecule has 1 aromatic rings. The van der Waals surface area contributed by atoms with Gasteiger partial charge in [-0.1, -0.05) is 20.3 Å². The van der Waals surface area contributed by atoms with Crippen molar-refractivity contribution in [3.63, 3.8) is 0 Å². The van der Waals surface area contributed by atoms with Gasteiger partial charge in [0.05, 0.1) is 12.6 Å². The van der Waals surface area contributed by atoms with Gasteiger partial charge in [-0.05, 0) is 25.7 Å². The van der Waals surface area contributed by atoms with E-state index in [1.807, 2.05) is 0 Å². The molecule has 5 heteroatoms. The van der Waals surface area contributed by atoms with E-state index in [0.29, 0.717) is 6.04 Å². The Balaban J connectivity index is 2.12. The zero-order valence-corrected chi connectivity index (χ0v) is 12.6. The predicted molar refractivity (Wildman–Crippen MR) is 82.3 cm³/mol. The fourth-order valence-electron chi connectivity index (χ4n) is 2.47. The van der Waals surface area contributed by atoms with Crippen molar-refractivity contribution in [2.45, 2.75) is 52.0 Å². The van der Waals surface area contributed by atoms with E-state index in [1.54, 1.807) is 6.33 Å². The van der Waals surface area contributed by atoms with E-state index in [9.17, 15) is 0 Å². The van der Waals surface area contributed by atoms with Gasteiger partial charge in [0, 0.05) is 18.7 Å². The number of hydrogen-bond acceptors (Lipinski definition) is 5. The predicted octanol–water partition coefficient (Wildman–Crippen LogP) is 2.84. The molecule has 5 nitrogen and oxygen atoms in total. The first kappa shape index (κ1) is 15.0. The lowest BCUT2D eigenvalue weighted by Crippen LogP contribution is -2.31. The van der Waals surface area contributed by atoms with Crippen LogP contribution in [0.3, 0.4) is 0 Å². The average Bonchev–Trinajstić information content (AvgIpc) is 2.49. The van der Waals surface area contributed by atoms with Gasteiger partial charge in [0.2, 0.25) is 0 Å². The maximum Gasteiger partial charge on any atom is 0.135 e. The molecule has 2 heterocycles. The standard InChI is InChI=1S/C15H26N4O/c1-3-6-13-14(16-8-4-2)17-11-18-15(13)19-12-7-5-9-20-10-12/h11-12H,3-10H2,1-2H3,(H2,16,17,18,19). The van der Waals surface area contributed by atoms with Crippen LogP contribution in [0.5, 0.6) is 0 Å². The molecule has 0 bridgehead atoms. The monoisotopic (exact) mass is 278 g/mol. The smallest absolute Gasteiger partial charge is 0.135 e. The highest BCUT2D eigenvalue weighted by Crippen LogP contribution is 2.23. The number of nitrogens with one attached hydrogen (secondary N) is 2. The van der Waals surface area contributed by atoms with Crippen molar-refractivity contribution in [3.05, 3.63) is 11.9 Å². The third-order valence-electron chi connectivity index (χ3n) is 3.49. The number of anilines is 2. The van der Waals surface area contributed by atoms with Crippen LogP contribution in [0.15, 0.2) is 6.33 Å². The first-order valence-electron chi connectivity index (χ1n) is 7.77. The normalized spacial score (nSPS) is 18.8. The third-order valence-corrected chi connectivity index (χ3v) is 3.49. The molecule has 2 rings (SSSR count). The van der Waals surface area contributed by atoms with Gasteiger partial charge in [0.1, 0.15) is 18.0 Å². The lowest BCUT2D eigenvalue weighted by atomic mass is 10.1. The minimum Gasteiger partial charge on any atom is -0.379 e. The van der Waals surface area contributed by atoms with Gasteiger partial charge in [-0.25, -0.2) is 9.97 Å². The first-order valence-corrected chi connectivity index (χ1v) is 7.77. The van der Waals surface area contributed by atoms with Crippen LogP contribution in [0, 0.1) is 0 Å². The molecule has 0 radical (unpaired) electrons. The van der Waals surface area contributed by atoms with Crippen molar-refractivity contribution in [3.8, 4) is 0 Å². The lowest BCUT2D eigenvalue weighted by Gasteiger charge is -2.25. The van der Waals surface area contributed by atoms with E-state index in [-0.39, 0.29) is 0 Å². The number of ether oxygens (including phenoxy) is 1. The fraction of sp³-hybridized carbons (Fsp3) is 0.733. The lowest BCUT2D eigenvalue weighted by molar-refractivity contribution is 0.0875. The quantitative estimate of drug-likeness (QED) is 0.803. The highest BCUT2D eigenvalue weighted by atomic mass is 16.5. The van der Waals surface area contributed by atoms with Gasteiger partial charge < -0.3 is 15.4 Å². The molecular weight excluding hydrogens is 252 g/mol. The van der Waals surface area contributed by atoms with Crippen LogP contribution in [0.1, 0.15) is 45.1 Å². The van der Waals surface area contributed by atoms with Crippen LogP contribution >= 0.6 is 0 Å². The van der Waals surface area contributed by atoms with Gasteiger partial charge in [-0.15, -0.1) is 0 Å². The molecule has 1 unspecified atom stereocenters. The molecule has 112 valence electrons. The maximum absolute atomic E-state index is 5.53. The molecule has 2 N–H and O–H groups in total. The molecule has 0 spiro atoms. The molecule has 1 fully saturated rings. The van der Waals surface area contributed by atoms with Crippen LogP contribution < -0.4 is 10.6 Å². The zero-order chi connectivity index (χ0) is 14.2. The van der Waals surface area contributed by atoms with E-state index in [2.05, 4.69) is 34.4 Å². The summed E-state index contributed by atoms with van der Waals surface area (Å²) in [5.74, 6) is 1.94. The topological polar surface area (TPSA) is 59.1 Å². The van der Waals surface area contributed by atoms with Crippen LogP contribution in [-0.2, 0) is 11.2 Å². The van der Waals surface area contributed by atoms with Crippen molar-refractivity contribution in [2.75, 3.05) is 30.4 Å². The molecule has 1 atom stereocenters. The molecule has 0 aliphatic carbocycles. The largest absolute Gasteiger partial charge is 0.379 e. The van der Waals surface area contributed by atoms with E-state index in [4.69, 9.17) is 4.74 Å². The van der Waals surface area contributed by atoms with Crippen molar-refractivity contribution >= 4 is 11.6 Å². The summed E-state index contributed by atoms with van der Waals surface area (Å²) in [7, 11) is 0. The van der Waals surface area contributed by atoms with Gasteiger partial charge in [-0.3, -0.25) is 0 Å². The minimum absolute atomic E-state index is 0.369. The van der Waals surface area contributed by atoms with Crippen molar-refractivity contribution in [2.24, 2.45) is 0 Å². The second kappa shape index (κ2) is 8.04. The second-order valence-corrected chi connectivity index (χ2v) is 5.28. The fourth-order valence-corrected chi connectivity index (χ4v) is 2.47. The van der Waals surface area contributed by atoms with E-state index in [1.165, 1.54) is 5.56 Å². The average molecular weight is 278 g/mol. The summed E-state index contributed by atoms with van der Waals surface area (Å²) in [6.45, 7) is 6.94. The molecule has 20 heavy (non-hydrogen) atoms. The van der Waals surface area contributed by atoms with Crippen LogP contribution in [0.2, 0.25) is 0 Å². The summed E-state index contributed by atoms with van der Waals surface area (Å²) in [5.41, 5.74) is 1.20. The molecule has 1 aliphatic rings. The Morgan fingerprint density at radius 1 is 1.25 bits per heavy atom. The van der Waals surface area contributed by atoms with E-state index < -0.39 is 0 Å². The summed E-state index contributed by atoms with van der Waals surface area (Å²) in [6, 6.07) is 0.369. The zero-order valence-electron chi connectivity index (χ0n) is 12.6. The molecular formula is C15H26N4O. The Kier molecular flexibility index (Phi) is 6.05. The Hall–Kier alpha value is -1.36. The summed E-state index contributed by atoms with van der Waals surface area (Å²) >= 11 is 0. The second-order valence-electron chi connectivity index (χ2n) is 5.28. The molecule has 0 amide bonds. The van der Waals surface area contributed by atoms with Crippen molar-refractivity contribution in [1.29, 1.82) is 0 Å². The van der Waals surface area contributed by atoms with Crippen molar-refractivity contribution in [1.82, 2.24) is 9.97 Å². The van der Waals surface area contributed by atoms with Crippen molar-refractivity contribution < 1.29 is 4.74 Å². The number of aromatic nitrogens is 2. The SMILES string of the molecule is CCCNc1ncnc(NC2CCCOC2)c1CCC. The number of hydrogen-bond donors (Lipinski definition) is 2. The summed E-state index contributed by atoms with van der Waals surface area (Å²) < 4.78 is 5.53. The molecule has 0 saturated carbocycles. The summed E-state index contributed by atoms with van der Waals surface area (Å²) in [5, 5.41) is 6.94. The van der Waals surface area contributed by atoms with Crippen LogP contribution in [0.25, 0.3) is 0 Å². The van der Waals surface area contributed by atoms with Gasteiger partial charge in [0.15, 0.2) is 0 Å². The highest BCUT2D eigenvalue weighted by Gasteiger charge is 2.17. The molecule has 1 aliphatic heterocycles. The number of rotatable bonds is 7. The Morgan fingerprint density at radius 3 is 2.80 bits per heavy atom. The van der Waals surface area contributed by atoms with Crippen LogP contribution in [0.4, 0.5) is 11.6 Å². The van der Waals surface area contributed by atoms with Gasteiger partial charge in [0.25, 0.3) is 0 Å². The van der Waals surface area contributed by atoms with Crippen LogP contribution in [-0.4, -0.2) is 35.8 Å². The highest BCUT2D eigenvalue weighted by molar-refractivity contribution is 5.57. The minimum atomic E-state index is 0.369. The summed E-state index contributed by atoms with van der Waals surface area (Å²) in [6.07, 6.45) is 7.07. The van der Waals surface area contributed by atoms with Gasteiger partial charge in [-0.2, -0.15) is 0 Å². The van der Waals surface area contributed by atoms with E-state index >= 15 is 0 Å². The third kappa shape index (κ3) is 4.07. The molecule has 0 aromatic carbocycles. The Bertz CT molecular complexity index is 405. The molecule has 1 saturated heterocycles. The number of nitrogens with zero attached hydrogens (tertiary/aromatic N) is 2. The first-order chi connectivity index (χ1) is 9.85. The Labute approximate surface area is 121 Å².